The summed E-state index contributed by atoms with van der Waals surface area (Å²) < 4.78 is 18.7. The van der Waals surface area contributed by atoms with Crippen molar-refractivity contribution in [1.82, 2.24) is 4.98 Å². The maximum atomic E-state index is 13.1. The standard InChI is InChI=1S/C13H14FN3OS/c1-8-12(19-7-17-8)4-5-18-11-3-2-9(14)6-10(11)13(15)16/h2-3,6-7H,4-5H2,1H3,(H3,15,16). The van der Waals surface area contributed by atoms with Gasteiger partial charge in [0.05, 0.1) is 23.4 Å². The number of ether oxygens (including phenoxy) is 1. The average Bonchev–Trinajstić information content (AvgIpc) is 2.77. The van der Waals surface area contributed by atoms with Crippen LogP contribution in [0.25, 0.3) is 0 Å². The Morgan fingerprint density at radius 1 is 1.53 bits per heavy atom. The number of hydrogen-bond acceptors (Lipinski definition) is 4. The smallest absolute Gasteiger partial charge is 0.130 e. The summed E-state index contributed by atoms with van der Waals surface area (Å²) in [7, 11) is 0. The van der Waals surface area contributed by atoms with Gasteiger partial charge in [-0.1, -0.05) is 0 Å². The first-order valence-electron chi connectivity index (χ1n) is 5.73. The molecular formula is C13H14FN3OS. The molecule has 1 heterocycles. The maximum Gasteiger partial charge on any atom is 0.130 e. The van der Waals surface area contributed by atoms with E-state index in [1.807, 2.05) is 6.92 Å². The Kier molecular flexibility index (Phi) is 4.11. The molecule has 19 heavy (non-hydrogen) atoms. The van der Waals surface area contributed by atoms with Crippen molar-refractivity contribution < 1.29 is 9.13 Å². The quantitative estimate of drug-likeness (QED) is 0.652. The van der Waals surface area contributed by atoms with Crippen molar-refractivity contribution in [2.45, 2.75) is 13.3 Å². The van der Waals surface area contributed by atoms with Gasteiger partial charge in [0, 0.05) is 11.3 Å². The van der Waals surface area contributed by atoms with Gasteiger partial charge in [-0.25, -0.2) is 9.37 Å². The number of hydrogen-bond donors (Lipinski definition) is 2. The molecule has 2 aromatic rings. The molecule has 0 atom stereocenters. The highest BCUT2D eigenvalue weighted by atomic mass is 32.1. The zero-order chi connectivity index (χ0) is 13.8. The number of nitrogens with one attached hydrogen (secondary N) is 1. The Labute approximate surface area is 114 Å². The number of thiazole rings is 1. The van der Waals surface area contributed by atoms with E-state index < -0.39 is 5.82 Å². The summed E-state index contributed by atoms with van der Waals surface area (Å²) in [6.07, 6.45) is 0.727. The van der Waals surface area contributed by atoms with Crippen LogP contribution in [0.5, 0.6) is 5.75 Å². The lowest BCUT2D eigenvalue weighted by molar-refractivity contribution is 0.321. The zero-order valence-corrected chi connectivity index (χ0v) is 11.3. The highest BCUT2D eigenvalue weighted by molar-refractivity contribution is 7.09. The van der Waals surface area contributed by atoms with Gasteiger partial charge in [-0.05, 0) is 25.1 Å². The minimum absolute atomic E-state index is 0.205. The van der Waals surface area contributed by atoms with E-state index in [0.717, 1.165) is 17.0 Å². The SMILES string of the molecule is Cc1ncsc1CCOc1ccc(F)cc1C(=N)N. The van der Waals surface area contributed by atoms with Crippen LogP contribution < -0.4 is 10.5 Å². The van der Waals surface area contributed by atoms with Gasteiger partial charge in [-0.3, -0.25) is 5.41 Å². The lowest BCUT2D eigenvalue weighted by Gasteiger charge is -2.10. The Morgan fingerprint density at radius 2 is 2.32 bits per heavy atom. The molecule has 0 radical (unpaired) electrons. The van der Waals surface area contributed by atoms with E-state index in [1.165, 1.54) is 18.2 Å². The molecule has 0 bridgehead atoms. The molecule has 0 saturated heterocycles. The molecule has 0 aliphatic rings. The van der Waals surface area contributed by atoms with Crippen LogP contribution in [-0.4, -0.2) is 17.4 Å². The van der Waals surface area contributed by atoms with Crippen molar-refractivity contribution in [2.75, 3.05) is 6.61 Å². The fourth-order valence-electron chi connectivity index (χ4n) is 1.66. The predicted molar refractivity (Wildman–Crippen MR) is 73.5 cm³/mol. The van der Waals surface area contributed by atoms with E-state index in [4.69, 9.17) is 15.9 Å². The third-order valence-corrected chi connectivity index (χ3v) is 3.66. The summed E-state index contributed by atoms with van der Waals surface area (Å²) >= 11 is 1.58. The number of nitrogen functional groups attached to an aromatic ring is 1. The number of amidine groups is 1. The lowest BCUT2D eigenvalue weighted by atomic mass is 10.2. The maximum absolute atomic E-state index is 13.1. The van der Waals surface area contributed by atoms with Crippen molar-refractivity contribution in [3.8, 4) is 5.75 Å². The third kappa shape index (κ3) is 3.29. The lowest BCUT2D eigenvalue weighted by Crippen LogP contribution is -2.14. The molecule has 0 amide bonds. The van der Waals surface area contributed by atoms with Crippen molar-refractivity contribution >= 4 is 17.2 Å². The van der Waals surface area contributed by atoms with Gasteiger partial charge in [0.1, 0.15) is 17.4 Å². The van der Waals surface area contributed by atoms with Crippen LogP contribution >= 0.6 is 11.3 Å². The number of nitrogens with zero attached hydrogens (tertiary/aromatic N) is 1. The Bertz CT molecular complexity index is 597. The molecule has 3 N–H and O–H groups in total. The summed E-state index contributed by atoms with van der Waals surface area (Å²) in [4.78, 5) is 5.32. The fraction of sp³-hybridized carbons (Fsp3) is 0.231. The van der Waals surface area contributed by atoms with Gasteiger partial charge in [0.15, 0.2) is 0 Å². The molecule has 1 aromatic heterocycles. The van der Waals surface area contributed by atoms with Crippen LogP contribution in [0.4, 0.5) is 4.39 Å². The van der Waals surface area contributed by atoms with E-state index in [2.05, 4.69) is 4.98 Å². The Balaban J connectivity index is 2.03. The second-order valence-electron chi connectivity index (χ2n) is 4.01. The van der Waals surface area contributed by atoms with Gasteiger partial charge < -0.3 is 10.5 Å². The number of aryl methyl sites for hydroxylation is 1. The second kappa shape index (κ2) is 5.79. The van der Waals surface area contributed by atoms with E-state index in [-0.39, 0.29) is 11.4 Å². The first-order valence-corrected chi connectivity index (χ1v) is 6.61. The van der Waals surface area contributed by atoms with Crippen LogP contribution in [0.1, 0.15) is 16.1 Å². The monoisotopic (exact) mass is 279 g/mol. The Hall–Kier alpha value is -1.95. The number of halogens is 1. The summed E-state index contributed by atoms with van der Waals surface area (Å²) in [5.41, 5.74) is 8.48. The van der Waals surface area contributed by atoms with Crippen LogP contribution in [0.2, 0.25) is 0 Å². The number of rotatable bonds is 5. The molecule has 4 nitrogen and oxygen atoms in total. The molecule has 0 aliphatic carbocycles. The molecule has 0 fully saturated rings. The molecule has 6 heteroatoms. The molecule has 0 saturated carbocycles. The highest BCUT2D eigenvalue weighted by Crippen LogP contribution is 2.20. The summed E-state index contributed by atoms with van der Waals surface area (Å²) in [6, 6.07) is 3.99. The fourth-order valence-corrected chi connectivity index (χ4v) is 2.42. The van der Waals surface area contributed by atoms with Crippen LogP contribution in [-0.2, 0) is 6.42 Å². The van der Waals surface area contributed by atoms with Crippen molar-refractivity contribution in [3.63, 3.8) is 0 Å². The van der Waals surface area contributed by atoms with E-state index in [9.17, 15) is 4.39 Å². The van der Waals surface area contributed by atoms with Gasteiger partial charge in [0.2, 0.25) is 0 Å². The van der Waals surface area contributed by atoms with Gasteiger partial charge in [0.25, 0.3) is 0 Å². The normalized spacial score (nSPS) is 10.4. The van der Waals surface area contributed by atoms with Gasteiger partial charge in [-0.15, -0.1) is 11.3 Å². The molecule has 0 aliphatic heterocycles. The van der Waals surface area contributed by atoms with E-state index >= 15 is 0 Å². The highest BCUT2D eigenvalue weighted by Gasteiger charge is 2.09. The third-order valence-electron chi connectivity index (χ3n) is 2.66. The molecule has 0 unspecified atom stereocenters. The molecule has 2 rings (SSSR count). The zero-order valence-electron chi connectivity index (χ0n) is 10.4. The predicted octanol–water partition coefficient (Wildman–Crippen LogP) is 2.50. The van der Waals surface area contributed by atoms with Crippen LogP contribution in [0.15, 0.2) is 23.7 Å². The van der Waals surface area contributed by atoms with Crippen molar-refractivity contribution in [3.05, 3.63) is 45.7 Å². The summed E-state index contributed by atoms with van der Waals surface area (Å²) in [6.45, 7) is 2.39. The molecular weight excluding hydrogens is 265 g/mol. The molecule has 100 valence electrons. The first kappa shape index (κ1) is 13.5. The Morgan fingerprint density at radius 3 is 2.95 bits per heavy atom. The summed E-state index contributed by atoms with van der Waals surface area (Å²) in [5, 5.41) is 7.40. The van der Waals surface area contributed by atoms with Crippen molar-refractivity contribution in [1.29, 1.82) is 5.41 Å². The topological polar surface area (TPSA) is 72.0 Å². The molecule has 0 spiro atoms. The molecule has 1 aromatic carbocycles. The van der Waals surface area contributed by atoms with E-state index in [0.29, 0.717) is 12.4 Å². The largest absolute Gasteiger partial charge is 0.492 e. The van der Waals surface area contributed by atoms with Crippen LogP contribution in [0, 0.1) is 18.2 Å². The average molecular weight is 279 g/mol. The number of aromatic nitrogens is 1. The first-order chi connectivity index (χ1) is 9.08. The van der Waals surface area contributed by atoms with Gasteiger partial charge >= 0.3 is 0 Å². The minimum atomic E-state index is -0.434. The van der Waals surface area contributed by atoms with Crippen molar-refractivity contribution in [2.24, 2.45) is 5.73 Å². The number of benzene rings is 1. The summed E-state index contributed by atoms with van der Waals surface area (Å²) in [5.74, 6) is -0.213. The minimum Gasteiger partial charge on any atom is -0.492 e. The van der Waals surface area contributed by atoms with Gasteiger partial charge in [-0.2, -0.15) is 0 Å². The van der Waals surface area contributed by atoms with E-state index in [1.54, 1.807) is 16.8 Å². The van der Waals surface area contributed by atoms with Crippen LogP contribution in [0.3, 0.4) is 0 Å². The second-order valence-corrected chi connectivity index (χ2v) is 4.95. The number of nitrogens with two attached hydrogens (primary N) is 1.